The van der Waals surface area contributed by atoms with Crippen LogP contribution in [0.1, 0.15) is 11.1 Å². The first kappa shape index (κ1) is 24.3. The van der Waals surface area contributed by atoms with Crippen molar-refractivity contribution in [2.75, 3.05) is 17.4 Å². The maximum atomic E-state index is 12.7. The second-order valence-corrected chi connectivity index (χ2v) is 9.96. The van der Waals surface area contributed by atoms with Gasteiger partial charge in [-0.1, -0.05) is 48.0 Å². The molecular formula is C28H21BrClN5O3. The van der Waals surface area contributed by atoms with E-state index in [-0.39, 0.29) is 19.1 Å². The minimum atomic E-state index is -0.115. The molecule has 8 nitrogen and oxygen atoms in total. The SMILES string of the molecule is O=C(Cc1ccc2c(c1)OCO2)Nc1cccc(CNc2cc(-c3ccccc3Cl)nc3c(Br)cnn23)c1. The fourth-order valence-corrected chi connectivity index (χ4v) is 4.84. The van der Waals surface area contributed by atoms with Gasteiger partial charge >= 0.3 is 0 Å². The first-order valence-corrected chi connectivity index (χ1v) is 13.0. The van der Waals surface area contributed by atoms with Gasteiger partial charge in [0.05, 0.1) is 22.8 Å². The number of carbonyl (C=O) groups excluding carboxylic acids is 1. The van der Waals surface area contributed by atoms with E-state index in [9.17, 15) is 4.79 Å². The molecule has 0 saturated heterocycles. The Morgan fingerprint density at radius 3 is 2.76 bits per heavy atom. The largest absolute Gasteiger partial charge is 0.454 e. The van der Waals surface area contributed by atoms with E-state index in [1.807, 2.05) is 72.8 Å². The van der Waals surface area contributed by atoms with E-state index in [1.54, 1.807) is 10.7 Å². The van der Waals surface area contributed by atoms with Gasteiger partial charge in [0, 0.05) is 28.9 Å². The van der Waals surface area contributed by atoms with E-state index in [2.05, 4.69) is 31.7 Å². The van der Waals surface area contributed by atoms with Crippen LogP contribution in [0.4, 0.5) is 11.5 Å². The summed E-state index contributed by atoms with van der Waals surface area (Å²) < 4.78 is 13.3. The zero-order chi connectivity index (χ0) is 26.1. The quantitative estimate of drug-likeness (QED) is 0.230. The highest BCUT2D eigenvalue weighted by Crippen LogP contribution is 2.33. The molecule has 1 aliphatic heterocycles. The molecule has 3 heterocycles. The Labute approximate surface area is 231 Å². The molecule has 1 aliphatic rings. The van der Waals surface area contributed by atoms with E-state index in [1.165, 1.54) is 0 Å². The first-order chi connectivity index (χ1) is 18.5. The Balaban J connectivity index is 1.18. The van der Waals surface area contributed by atoms with Gasteiger partial charge in [0.1, 0.15) is 5.82 Å². The third-order valence-corrected chi connectivity index (χ3v) is 6.95. The number of benzene rings is 3. The van der Waals surface area contributed by atoms with Crippen molar-refractivity contribution in [2.24, 2.45) is 0 Å². The number of rotatable bonds is 7. The smallest absolute Gasteiger partial charge is 0.231 e. The number of halogens is 2. The molecule has 38 heavy (non-hydrogen) atoms. The summed E-state index contributed by atoms with van der Waals surface area (Å²) in [4.78, 5) is 17.4. The molecule has 0 saturated carbocycles. The number of nitrogens with one attached hydrogen (secondary N) is 2. The molecule has 10 heteroatoms. The lowest BCUT2D eigenvalue weighted by Crippen LogP contribution is -2.14. The Morgan fingerprint density at radius 1 is 1.00 bits per heavy atom. The average Bonchev–Trinajstić information content (AvgIpc) is 3.54. The van der Waals surface area contributed by atoms with Gasteiger partial charge in [0.25, 0.3) is 0 Å². The van der Waals surface area contributed by atoms with E-state index < -0.39 is 0 Å². The van der Waals surface area contributed by atoms with Gasteiger partial charge in [0.2, 0.25) is 12.7 Å². The lowest BCUT2D eigenvalue weighted by molar-refractivity contribution is -0.115. The number of hydrogen-bond acceptors (Lipinski definition) is 6. The Bertz CT molecular complexity index is 1670. The molecule has 190 valence electrons. The van der Waals surface area contributed by atoms with Gasteiger partial charge in [0.15, 0.2) is 17.1 Å². The lowest BCUT2D eigenvalue weighted by atomic mass is 10.1. The van der Waals surface area contributed by atoms with Crippen LogP contribution in [-0.2, 0) is 17.8 Å². The fraction of sp³-hybridized carbons (Fsp3) is 0.107. The second kappa shape index (κ2) is 10.4. The van der Waals surface area contributed by atoms with Crippen LogP contribution in [0, 0.1) is 0 Å². The summed E-state index contributed by atoms with van der Waals surface area (Å²) in [5.74, 6) is 2.00. The normalized spacial score (nSPS) is 12.1. The van der Waals surface area contributed by atoms with Crippen LogP contribution in [0.2, 0.25) is 5.02 Å². The van der Waals surface area contributed by atoms with Crippen molar-refractivity contribution in [3.63, 3.8) is 0 Å². The van der Waals surface area contributed by atoms with Crippen molar-refractivity contribution in [3.8, 4) is 22.8 Å². The van der Waals surface area contributed by atoms with Gasteiger partial charge in [-0.15, -0.1) is 0 Å². The van der Waals surface area contributed by atoms with Gasteiger partial charge in [-0.25, -0.2) is 4.98 Å². The molecule has 2 N–H and O–H groups in total. The van der Waals surface area contributed by atoms with Crippen molar-refractivity contribution < 1.29 is 14.3 Å². The molecule has 0 spiro atoms. The Kier molecular flexibility index (Phi) is 6.61. The summed E-state index contributed by atoms with van der Waals surface area (Å²) in [5, 5.41) is 11.5. The highest BCUT2D eigenvalue weighted by Gasteiger charge is 2.15. The molecule has 0 radical (unpaired) electrons. The monoisotopic (exact) mass is 589 g/mol. The van der Waals surface area contributed by atoms with Crippen LogP contribution in [0.5, 0.6) is 11.5 Å². The zero-order valence-electron chi connectivity index (χ0n) is 19.9. The third kappa shape index (κ3) is 5.03. The summed E-state index contributed by atoms with van der Waals surface area (Å²) in [6.07, 6.45) is 1.94. The average molecular weight is 591 g/mol. The number of amides is 1. The molecule has 1 amide bonds. The molecule has 0 bridgehead atoms. The number of fused-ring (bicyclic) bond motifs is 2. The van der Waals surface area contributed by atoms with Crippen molar-refractivity contribution in [1.82, 2.24) is 14.6 Å². The Morgan fingerprint density at radius 2 is 1.87 bits per heavy atom. The van der Waals surface area contributed by atoms with Gasteiger partial charge < -0.3 is 20.1 Å². The van der Waals surface area contributed by atoms with Crippen molar-refractivity contribution in [2.45, 2.75) is 13.0 Å². The fourth-order valence-electron chi connectivity index (χ4n) is 4.26. The van der Waals surface area contributed by atoms with E-state index in [0.717, 1.165) is 32.7 Å². The molecule has 3 aromatic carbocycles. The lowest BCUT2D eigenvalue weighted by Gasteiger charge is -2.13. The Hall–Kier alpha value is -4.08. The van der Waals surface area contributed by atoms with Crippen molar-refractivity contribution in [3.05, 3.63) is 99.6 Å². The summed E-state index contributed by atoms with van der Waals surface area (Å²) in [5.41, 5.74) is 4.80. The molecule has 6 rings (SSSR count). The van der Waals surface area contributed by atoms with Crippen molar-refractivity contribution in [1.29, 1.82) is 0 Å². The van der Waals surface area contributed by atoms with Crippen LogP contribution in [-0.4, -0.2) is 27.3 Å². The zero-order valence-corrected chi connectivity index (χ0v) is 22.3. The highest BCUT2D eigenvalue weighted by molar-refractivity contribution is 9.10. The minimum absolute atomic E-state index is 0.115. The molecule has 5 aromatic rings. The number of hydrogen-bond donors (Lipinski definition) is 2. The molecule has 0 unspecified atom stereocenters. The standard InChI is InChI=1S/C28H21BrClN5O3/c29-21-15-32-35-26(13-23(34-28(21)35)20-6-1-2-7-22(20)30)31-14-18-4-3-5-19(10-18)33-27(36)12-17-8-9-24-25(11-17)38-16-37-24/h1-11,13,15,31H,12,14,16H2,(H,33,36). The molecular weight excluding hydrogens is 570 g/mol. The summed E-state index contributed by atoms with van der Waals surface area (Å²) in [6, 6.07) is 22.8. The topological polar surface area (TPSA) is 89.8 Å². The summed E-state index contributed by atoms with van der Waals surface area (Å²) in [6.45, 7) is 0.709. The van der Waals surface area contributed by atoms with Gasteiger partial charge in [-0.05, 0) is 57.4 Å². The molecule has 2 aromatic heterocycles. The van der Waals surface area contributed by atoms with Crippen LogP contribution in [0.25, 0.3) is 16.9 Å². The van der Waals surface area contributed by atoms with E-state index in [0.29, 0.717) is 34.4 Å². The third-order valence-electron chi connectivity index (χ3n) is 6.06. The van der Waals surface area contributed by atoms with E-state index >= 15 is 0 Å². The predicted octanol–water partition coefficient (Wildman–Crippen LogP) is 6.33. The molecule has 0 aliphatic carbocycles. The number of aromatic nitrogens is 3. The van der Waals surface area contributed by atoms with Crippen molar-refractivity contribution >= 4 is 50.6 Å². The second-order valence-electron chi connectivity index (χ2n) is 8.70. The summed E-state index contributed by atoms with van der Waals surface area (Å²) in [7, 11) is 0. The van der Waals surface area contributed by atoms with Crippen LogP contribution < -0.4 is 20.1 Å². The maximum absolute atomic E-state index is 12.7. The first-order valence-electron chi connectivity index (χ1n) is 11.8. The van der Waals surface area contributed by atoms with Crippen LogP contribution in [0.15, 0.2) is 83.5 Å². The highest BCUT2D eigenvalue weighted by atomic mass is 79.9. The van der Waals surface area contributed by atoms with Gasteiger partial charge in [-0.2, -0.15) is 9.61 Å². The molecule has 0 fully saturated rings. The van der Waals surface area contributed by atoms with Crippen LogP contribution in [0.3, 0.4) is 0 Å². The molecule has 0 atom stereocenters. The van der Waals surface area contributed by atoms with Gasteiger partial charge in [-0.3, -0.25) is 4.79 Å². The number of ether oxygens (including phenoxy) is 2. The predicted molar refractivity (Wildman–Crippen MR) is 150 cm³/mol. The van der Waals surface area contributed by atoms with Crippen LogP contribution >= 0.6 is 27.5 Å². The van der Waals surface area contributed by atoms with E-state index in [4.69, 9.17) is 26.1 Å². The number of carbonyl (C=O) groups is 1. The number of nitrogens with zero attached hydrogens (tertiary/aromatic N) is 3. The summed E-state index contributed by atoms with van der Waals surface area (Å²) >= 11 is 9.98. The maximum Gasteiger partial charge on any atom is 0.231 e. The minimum Gasteiger partial charge on any atom is -0.454 e. The number of anilines is 2.